The van der Waals surface area contributed by atoms with Crippen molar-refractivity contribution in [3.63, 3.8) is 0 Å². The first kappa shape index (κ1) is 15.7. The average Bonchev–Trinajstić information content (AvgIpc) is 2.93. The molecule has 116 valence electrons. The van der Waals surface area contributed by atoms with Gasteiger partial charge in [-0.05, 0) is 30.2 Å². The molecule has 22 heavy (non-hydrogen) atoms. The number of hydrogen-bond donors (Lipinski definition) is 1. The number of nitriles is 1. The minimum absolute atomic E-state index is 0.157. The van der Waals surface area contributed by atoms with E-state index in [-0.39, 0.29) is 12.3 Å². The van der Waals surface area contributed by atoms with Crippen LogP contribution in [0.2, 0.25) is 0 Å². The number of rotatable bonds is 7. The molecule has 0 saturated heterocycles. The second-order valence-electron chi connectivity index (χ2n) is 5.14. The fourth-order valence-corrected chi connectivity index (χ4v) is 1.74. The molecule has 0 aliphatic rings. The zero-order valence-electron chi connectivity index (χ0n) is 12.9. The summed E-state index contributed by atoms with van der Waals surface area (Å²) in [6.45, 7) is 5.01. The summed E-state index contributed by atoms with van der Waals surface area (Å²) in [6, 6.07) is 9.22. The number of nitrogens with one attached hydrogen (secondary N) is 1. The summed E-state index contributed by atoms with van der Waals surface area (Å²) in [6.07, 6.45) is 0. The molecule has 2 rings (SSSR count). The van der Waals surface area contributed by atoms with Gasteiger partial charge in [-0.2, -0.15) is 10.2 Å². The zero-order valence-corrected chi connectivity index (χ0v) is 12.9. The van der Waals surface area contributed by atoms with Crippen LogP contribution < -0.4 is 14.8 Å². The van der Waals surface area contributed by atoms with Gasteiger partial charge in [0.25, 0.3) is 0 Å². The van der Waals surface area contributed by atoms with Crippen molar-refractivity contribution >= 4 is 5.88 Å². The van der Waals surface area contributed by atoms with Crippen LogP contribution in [0.15, 0.2) is 28.7 Å². The van der Waals surface area contributed by atoms with E-state index in [0.717, 1.165) is 5.75 Å². The molecular weight excluding hydrogens is 282 g/mol. The number of ether oxygens (including phenoxy) is 2. The maximum Gasteiger partial charge on any atom is 0.236 e. The lowest BCUT2D eigenvalue weighted by molar-refractivity contribution is 0.264. The molecule has 0 atom stereocenters. The SMILES string of the molecule is COc1ccc(OCc2nc(C#N)c(NCC(C)C)o2)cc1. The van der Waals surface area contributed by atoms with Gasteiger partial charge in [0, 0.05) is 6.54 Å². The van der Waals surface area contributed by atoms with E-state index in [1.165, 1.54) is 0 Å². The normalized spacial score (nSPS) is 10.3. The Hall–Kier alpha value is -2.68. The smallest absolute Gasteiger partial charge is 0.236 e. The van der Waals surface area contributed by atoms with E-state index in [1.807, 2.05) is 6.07 Å². The highest BCUT2D eigenvalue weighted by Gasteiger charge is 2.13. The molecule has 0 amide bonds. The Kier molecular flexibility index (Phi) is 5.26. The molecule has 6 nitrogen and oxygen atoms in total. The van der Waals surface area contributed by atoms with Crippen molar-refractivity contribution in [1.82, 2.24) is 4.98 Å². The van der Waals surface area contributed by atoms with Gasteiger partial charge in [-0.3, -0.25) is 0 Å². The highest BCUT2D eigenvalue weighted by Crippen LogP contribution is 2.20. The van der Waals surface area contributed by atoms with Crippen molar-refractivity contribution in [1.29, 1.82) is 5.26 Å². The van der Waals surface area contributed by atoms with Gasteiger partial charge in [0.2, 0.25) is 17.5 Å². The van der Waals surface area contributed by atoms with E-state index in [9.17, 15) is 0 Å². The van der Waals surface area contributed by atoms with Crippen LogP contribution in [0.1, 0.15) is 25.4 Å². The Bertz CT molecular complexity index is 642. The second-order valence-corrected chi connectivity index (χ2v) is 5.14. The average molecular weight is 301 g/mol. The molecule has 0 aliphatic carbocycles. The van der Waals surface area contributed by atoms with Crippen molar-refractivity contribution in [3.05, 3.63) is 35.9 Å². The zero-order chi connectivity index (χ0) is 15.9. The van der Waals surface area contributed by atoms with Crippen LogP contribution in [-0.2, 0) is 6.61 Å². The number of methoxy groups -OCH3 is 1. The lowest BCUT2D eigenvalue weighted by atomic mass is 10.2. The molecule has 0 saturated carbocycles. The molecule has 0 radical (unpaired) electrons. The first-order chi connectivity index (χ1) is 10.6. The molecule has 0 bridgehead atoms. The summed E-state index contributed by atoms with van der Waals surface area (Å²) >= 11 is 0. The van der Waals surface area contributed by atoms with Crippen molar-refractivity contribution in [2.75, 3.05) is 19.0 Å². The lowest BCUT2D eigenvalue weighted by Gasteiger charge is -2.06. The van der Waals surface area contributed by atoms with Crippen molar-refractivity contribution < 1.29 is 13.9 Å². The van der Waals surface area contributed by atoms with Crippen molar-refractivity contribution in [3.8, 4) is 17.6 Å². The molecule has 6 heteroatoms. The number of aromatic nitrogens is 1. The number of oxazole rings is 1. The molecular formula is C16H19N3O3. The van der Waals surface area contributed by atoms with Gasteiger partial charge < -0.3 is 19.2 Å². The van der Waals surface area contributed by atoms with Gasteiger partial charge in [-0.1, -0.05) is 13.8 Å². The Morgan fingerprint density at radius 3 is 2.55 bits per heavy atom. The maximum absolute atomic E-state index is 9.07. The van der Waals surface area contributed by atoms with E-state index in [4.69, 9.17) is 19.2 Å². The maximum atomic E-state index is 9.07. The van der Waals surface area contributed by atoms with E-state index < -0.39 is 0 Å². The van der Waals surface area contributed by atoms with Gasteiger partial charge in [-0.25, -0.2) is 0 Å². The largest absolute Gasteiger partial charge is 0.497 e. The summed E-state index contributed by atoms with van der Waals surface area (Å²) in [4.78, 5) is 4.12. The topological polar surface area (TPSA) is 80.3 Å². The van der Waals surface area contributed by atoms with E-state index in [1.54, 1.807) is 31.4 Å². The number of nitrogens with zero attached hydrogens (tertiary/aromatic N) is 2. The molecule has 0 fully saturated rings. The molecule has 1 aromatic carbocycles. The molecule has 2 aromatic rings. The van der Waals surface area contributed by atoms with Crippen LogP contribution in [0.5, 0.6) is 11.5 Å². The monoisotopic (exact) mass is 301 g/mol. The quantitative estimate of drug-likeness (QED) is 0.846. The van der Waals surface area contributed by atoms with Crippen LogP contribution in [0.25, 0.3) is 0 Å². The first-order valence-electron chi connectivity index (χ1n) is 7.03. The number of hydrogen-bond acceptors (Lipinski definition) is 6. The van der Waals surface area contributed by atoms with Crippen LogP contribution in [0.4, 0.5) is 5.88 Å². The third-order valence-electron chi connectivity index (χ3n) is 2.87. The molecule has 0 aliphatic heterocycles. The number of anilines is 1. The van der Waals surface area contributed by atoms with Crippen molar-refractivity contribution in [2.45, 2.75) is 20.5 Å². The van der Waals surface area contributed by atoms with E-state index in [0.29, 0.717) is 30.0 Å². The lowest BCUT2D eigenvalue weighted by Crippen LogP contribution is -2.08. The van der Waals surface area contributed by atoms with Crippen LogP contribution in [-0.4, -0.2) is 18.6 Å². The minimum Gasteiger partial charge on any atom is -0.497 e. The Labute approximate surface area is 129 Å². The summed E-state index contributed by atoms with van der Waals surface area (Å²) < 4.78 is 16.2. The third kappa shape index (κ3) is 4.16. The molecule has 0 unspecified atom stereocenters. The fourth-order valence-electron chi connectivity index (χ4n) is 1.74. The number of benzene rings is 1. The standard InChI is InChI=1S/C16H19N3O3/c1-11(2)9-18-16-14(8-17)19-15(22-16)10-21-13-6-4-12(20-3)5-7-13/h4-7,11,18H,9-10H2,1-3H3. The summed E-state index contributed by atoms with van der Waals surface area (Å²) in [5.41, 5.74) is 0.244. The third-order valence-corrected chi connectivity index (χ3v) is 2.87. The van der Waals surface area contributed by atoms with Crippen molar-refractivity contribution in [2.24, 2.45) is 5.92 Å². The fraction of sp³-hybridized carbons (Fsp3) is 0.375. The van der Waals surface area contributed by atoms with Gasteiger partial charge in [-0.15, -0.1) is 0 Å². The summed E-state index contributed by atoms with van der Waals surface area (Å²) in [7, 11) is 1.61. The highest BCUT2D eigenvalue weighted by molar-refractivity contribution is 5.45. The minimum atomic E-state index is 0.157. The molecule has 0 spiro atoms. The van der Waals surface area contributed by atoms with Gasteiger partial charge in [0.05, 0.1) is 7.11 Å². The Morgan fingerprint density at radius 2 is 1.95 bits per heavy atom. The first-order valence-corrected chi connectivity index (χ1v) is 7.03. The van der Waals surface area contributed by atoms with Crippen LogP contribution in [0.3, 0.4) is 0 Å². The highest BCUT2D eigenvalue weighted by atomic mass is 16.5. The van der Waals surface area contributed by atoms with Crippen LogP contribution >= 0.6 is 0 Å². The second kappa shape index (κ2) is 7.36. The predicted molar refractivity (Wildman–Crippen MR) is 81.9 cm³/mol. The molecule has 1 aromatic heterocycles. The van der Waals surface area contributed by atoms with Gasteiger partial charge >= 0.3 is 0 Å². The predicted octanol–water partition coefficient (Wildman–Crippen LogP) is 3.20. The summed E-state index contributed by atoms with van der Waals surface area (Å²) in [5, 5.41) is 12.1. The van der Waals surface area contributed by atoms with Crippen LogP contribution in [0, 0.1) is 17.2 Å². The molecule has 1 heterocycles. The van der Waals surface area contributed by atoms with E-state index in [2.05, 4.69) is 24.1 Å². The molecule has 1 N–H and O–H groups in total. The Morgan fingerprint density at radius 1 is 1.27 bits per heavy atom. The van der Waals surface area contributed by atoms with Gasteiger partial charge in [0.1, 0.15) is 17.6 Å². The summed E-state index contributed by atoms with van der Waals surface area (Å²) in [5.74, 6) is 2.63. The van der Waals surface area contributed by atoms with Gasteiger partial charge in [0.15, 0.2) is 6.61 Å². The van der Waals surface area contributed by atoms with E-state index >= 15 is 0 Å². The Balaban J connectivity index is 1.98.